The molecule has 1 aromatic carbocycles. The fraction of sp³-hybridized carbons (Fsp3) is 0.462. The highest BCUT2D eigenvalue weighted by Crippen LogP contribution is 2.15. The lowest BCUT2D eigenvalue weighted by molar-refractivity contribution is -0.141. The number of rotatable bonds is 8. The number of carbonyl (C=O) groups is 1. The summed E-state index contributed by atoms with van der Waals surface area (Å²) in [6.07, 6.45) is 0.537. The molecule has 0 spiro atoms. The number of aliphatic carboxylic acids is 1. The van der Waals surface area contributed by atoms with E-state index in [9.17, 15) is 13.2 Å². The van der Waals surface area contributed by atoms with Crippen LogP contribution in [0.3, 0.4) is 0 Å². The van der Waals surface area contributed by atoms with E-state index in [-0.39, 0.29) is 4.90 Å². The lowest BCUT2D eigenvalue weighted by atomic mass is 10.1. The third-order valence-electron chi connectivity index (χ3n) is 2.89. The molecular weight excluding hydrogens is 280 g/mol. The first kappa shape index (κ1) is 16.5. The molecule has 7 heteroatoms. The van der Waals surface area contributed by atoms with Crippen molar-refractivity contribution >= 4 is 21.7 Å². The first-order valence-electron chi connectivity index (χ1n) is 6.47. The van der Waals surface area contributed by atoms with Gasteiger partial charge in [-0.25, -0.2) is 13.1 Å². The molecule has 6 nitrogen and oxygen atoms in total. The molecule has 112 valence electrons. The second-order valence-corrected chi connectivity index (χ2v) is 6.12. The van der Waals surface area contributed by atoms with Crippen LogP contribution in [0.1, 0.15) is 20.3 Å². The van der Waals surface area contributed by atoms with Crippen LogP contribution in [-0.2, 0) is 14.8 Å². The summed E-state index contributed by atoms with van der Waals surface area (Å²) >= 11 is 0. The van der Waals surface area contributed by atoms with Crippen LogP contribution in [0.5, 0.6) is 0 Å². The predicted octanol–water partition coefficient (Wildman–Crippen LogP) is 1.51. The molecule has 0 aliphatic carbocycles. The van der Waals surface area contributed by atoms with Crippen LogP contribution >= 0.6 is 0 Å². The zero-order valence-corrected chi connectivity index (χ0v) is 12.4. The van der Waals surface area contributed by atoms with Crippen LogP contribution in [-0.4, -0.2) is 32.6 Å². The van der Waals surface area contributed by atoms with E-state index in [1.807, 2.05) is 6.92 Å². The van der Waals surface area contributed by atoms with Crippen LogP contribution in [0.15, 0.2) is 29.2 Å². The molecule has 0 radical (unpaired) electrons. The number of anilines is 1. The van der Waals surface area contributed by atoms with Crippen molar-refractivity contribution < 1.29 is 18.3 Å². The lowest BCUT2D eigenvalue weighted by Crippen LogP contribution is -2.23. The molecule has 0 saturated carbocycles. The Kier molecular flexibility index (Phi) is 5.97. The highest BCUT2D eigenvalue weighted by molar-refractivity contribution is 7.89. The van der Waals surface area contributed by atoms with Crippen molar-refractivity contribution in [3.8, 4) is 0 Å². The molecule has 1 rings (SSSR count). The Hall–Kier alpha value is -1.60. The number of carboxylic acid groups (broad SMARTS) is 1. The first-order valence-corrected chi connectivity index (χ1v) is 7.95. The molecular formula is C13H20N2O4S. The SMILES string of the molecule is CCNS(=O)(=O)c1ccc(NCC(CC)C(=O)O)cc1. The zero-order valence-electron chi connectivity index (χ0n) is 11.6. The van der Waals surface area contributed by atoms with E-state index >= 15 is 0 Å². The van der Waals surface area contributed by atoms with Gasteiger partial charge in [0.2, 0.25) is 10.0 Å². The van der Waals surface area contributed by atoms with Gasteiger partial charge in [0.1, 0.15) is 0 Å². The summed E-state index contributed by atoms with van der Waals surface area (Å²) < 4.78 is 25.9. The van der Waals surface area contributed by atoms with E-state index in [2.05, 4.69) is 10.0 Å². The van der Waals surface area contributed by atoms with Crippen LogP contribution in [0.25, 0.3) is 0 Å². The van der Waals surface area contributed by atoms with Gasteiger partial charge in [-0.05, 0) is 30.7 Å². The number of carboxylic acids is 1. The van der Waals surface area contributed by atoms with Crippen molar-refractivity contribution in [3.05, 3.63) is 24.3 Å². The highest BCUT2D eigenvalue weighted by atomic mass is 32.2. The van der Waals surface area contributed by atoms with E-state index < -0.39 is 21.9 Å². The van der Waals surface area contributed by atoms with Crippen LogP contribution < -0.4 is 10.0 Å². The Balaban J connectivity index is 2.70. The predicted molar refractivity (Wildman–Crippen MR) is 77.2 cm³/mol. The highest BCUT2D eigenvalue weighted by Gasteiger charge is 2.15. The van der Waals surface area contributed by atoms with Crippen molar-refractivity contribution in [3.63, 3.8) is 0 Å². The molecule has 20 heavy (non-hydrogen) atoms. The van der Waals surface area contributed by atoms with Gasteiger partial charge in [0.25, 0.3) is 0 Å². The van der Waals surface area contributed by atoms with E-state index in [1.54, 1.807) is 19.1 Å². The maximum absolute atomic E-state index is 11.7. The number of sulfonamides is 1. The summed E-state index contributed by atoms with van der Waals surface area (Å²) in [4.78, 5) is 11.1. The minimum Gasteiger partial charge on any atom is -0.481 e. The topological polar surface area (TPSA) is 95.5 Å². The first-order chi connectivity index (χ1) is 9.40. The van der Waals surface area contributed by atoms with Gasteiger partial charge in [-0.1, -0.05) is 13.8 Å². The van der Waals surface area contributed by atoms with Crippen molar-refractivity contribution in [1.29, 1.82) is 0 Å². The smallest absolute Gasteiger partial charge is 0.308 e. The largest absolute Gasteiger partial charge is 0.481 e. The third kappa shape index (κ3) is 4.50. The molecule has 1 aromatic rings. The van der Waals surface area contributed by atoms with Crippen molar-refractivity contribution in [1.82, 2.24) is 4.72 Å². The van der Waals surface area contributed by atoms with Gasteiger partial charge >= 0.3 is 5.97 Å². The normalized spacial score (nSPS) is 12.9. The Morgan fingerprint density at radius 2 is 1.85 bits per heavy atom. The average molecular weight is 300 g/mol. The van der Waals surface area contributed by atoms with Gasteiger partial charge < -0.3 is 10.4 Å². The van der Waals surface area contributed by atoms with Gasteiger partial charge in [-0.2, -0.15) is 0 Å². The average Bonchev–Trinajstić information content (AvgIpc) is 2.39. The standard InChI is InChI=1S/C13H20N2O4S/c1-3-10(13(16)17)9-14-11-5-7-12(8-6-11)20(18,19)15-4-2/h5-8,10,14-15H,3-4,9H2,1-2H3,(H,16,17). The van der Waals surface area contributed by atoms with Crippen LogP contribution in [0.2, 0.25) is 0 Å². The summed E-state index contributed by atoms with van der Waals surface area (Å²) in [5.41, 5.74) is 0.695. The van der Waals surface area contributed by atoms with Gasteiger partial charge in [0.15, 0.2) is 0 Å². The number of hydrogen-bond acceptors (Lipinski definition) is 4. The fourth-order valence-corrected chi connectivity index (χ4v) is 2.71. The van der Waals surface area contributed by atoms with Crippen molar-refractivity contribution in [2.24, 2.45) is 5.92 Å². The maximum Gasteiger partial charge on any atom is 0.308 e. The van der Waals surface area contributed by atoms with E-state index in [0.717, 1.165) is 0 Å². The zero-order chi connectivity index (χ0) is 15.2. The van der Waals surface area contributed by atoms with Crippen LogP contribution in [0.4, 0.5) is 5.69 Å². The quantitative estimate of drug-likeness (QED) is 0.676. The molecule has 0 aliphatic rings. The molecule has 0 amide bonds. The van der Waals surface area contributed by atoms with Gasteiger partial charge in [-0.15, -0.1) is 0 Å². The molecule has 0 fully saturated rings. The van der Waals surface area contributed by atoms with Crippen LogP contribution in [0, 0.1) is 5.92 Å². The number of hydrogen-bond donors (Lipinski definition) is 3. The molecule has 1 unspecified atom stereocenters. The van der Waals surface area contributed by atoms with Gasteiger partial charge in [0, 0.05) is 18.8 Å². The van der Waals surface area contributed by atoms with E-state index in [1.165, 1.54) is 12.1 Å². The van der Waals surface area contributed by atoms with Crippen molar-refractivity contribution in [2.45, 2.75) is 25.2 Å². The Bertz CT molecular complexity index is 540. The minimum atomic E-state index is -3.45. The van der Waals surface area contributed by atoms with E-state index in [0.29, 0.717) is 25.2 Å². The molecule has 0 aliphatic heterocycles. The summed E-state index contributed by atoms with van der Waals surface area (Å²) in [7, 11) is -3.45. The molecule has 0 saturated heterocycles. The second-order valence-electron chi connectivity index (χ2n) is 4.35. The molecule has 0 heterocycles. The minimum absolute atomic E-state index is 0.190. The lowest BCUT2D eigenvalue weighted by Gasteiger charge is -2.12. The van der Waals surface area contributed by atoms with Crippen molar-refractivity contribution in [2.75, 3.05) is 18.4 Å². The fourth-order valence-electron chi connectivity index (χ4n) is 1.67. The summed E-state index contributed by atoms with van der Waals surface area (Å²) in [6.45, 7) is 4.17. The van der Waals surface area contributed by atoms with Gasteiger partial charge in [0.05, 0.1) is 10.8 Å². The Labute approximate surface area is 119 Å². The monoisotopic (exact) mass is 300 g/mol. The summed E-state index contributed by atoms with van der Waals surface area (Å²) in [6, 6.07) is 6.22. The molecule has 0 bridgehead atoms. The Morgan fingerprint density at radius 1 is 1.25 bits per heavy atom. The summed E-state index contributed by atoms with van der Waals surface area (Å²) in [5.74, 6) is -1.30. The van der Waals surface area contributed by atoms with E-state index in [4.69, 9.17) is 5.11 Å². The van der Waals surface area contributed by atoms with Gasteiger partial charge in [-0.3, -0.25) is 4.79 Å². The maximum atomic E-state index is 11.7. The number of benzene rings is 1. The molecule has 3 N–H and O–H groups in total. The second kappa shape index (κ2) is 7.25. The Morgan fingerprint density at radius 3 is 2.30 bits per heavy atom. The molecule has 1 atom stereocenters. The molecule has 0 aromatic heterocycles. The third-order valence-corrected chi connectivity index (χ3v) is 4.46. The number of nitrogens with one attached hydrogen (secondary N) is 2. The summed E-state index contributed by atoms with van der Waals surface area (Å²) in [5, 5.41) is 11.9.